The third kappa shape index (κ3) is 9.25. The molecule has 0 saturated carbocycles. The third-order valence-electron chi connectivity index (χ3n) is 2.23. The van der Waals surface area contributed by atoms with Gasteiger partial charge in [-0.3, -0.25) is 9.59 Å². The van der Waals surface area contributed by atoms with Gasteiger partial charge in [0.1, 0.15) is 0 Å². The van der Waals surface area contributed by atoms with Crippen molar-refractivity contribution >= 4 is 11.9 Å². The van der Waals surface area contributed by atoms with E-state index in [1.165, 1.54) is 13.3 Å². The van der Waals surface area contributed by atoms with E-state index in [9.17, 15) is 9.59 Å². The maximum atomic E-state index is 10.8. The van der Waals surface area contributed by atoms with Gasteiger partial charge >= 0.3 is 5.97 Å². The fraction of sp³-hybridized carbons (Fsp3) is 0.818. The van der Waals surface area contributed by atoms with Crippen molar-refractivity contribution < 1.29 is 14.7 Å². The van der Waals surface area contributed by atoms with E-state index in [4.69, 9.17) is 5.11 Å². The summed E-state index contributed by atoms with van der Waals surface area (Å²) in [6.45, 7) is 3.55. The molecule has 0 fully saturated rings. The fourth-order valence-corrected chi connectivity index (χ4v) is 1.54. The Balaban J connectivity index is 3.79. The van der Waals surface area contributed by atoms with Crippen LogP contribution in [0.2, 0.25) is 0 Å². The molecule has 0 heterocycles. The predicted octanol–water partition coefficient (Wildman–Crippen LogP) is 1.94. The molecule has 4 heteroatoms. The van der Waals surface area contributed by atoms with E-state index in [0.29, 0.717) is 0 Å². The smallest absolute Gasteiger partial charge is 0.305 e. The molecule has 2 N–H and O–H groups in total. The van der Waals surface area contributed by atoms with E-state index >= 15 is 0 Å². The molecule has 0 aliphatic rings. The van der Waals surface area contributed by atoms with Gasteiger partial charge in [-0.05, 0) is 6.42 Å². The summed E-state index contributed by atoms with van der Waals surface area (Å²) in [6, 6.07) is -0.211. The highest BCUT2D eigenvalue weighted by Gasteiger charge is 2.13. The zero-order valence-electron chi connectivity index (χ0n) is 9.58. The van der Waals surface area contributed by atoms with Crippen LogP contribution in [0.3, 0.4) is 0 Å². The van der Waals surface area contributed by atoms with Gasteiger partial charge in [0, 0.05) is 13.0 Å². The lowest BCUT2D eigenvalue weighted by atomic mass is 10.0. The molecule has 1 atom stereocenters. The molecule has 0 aliphatic heterocycles. The second kappa shape index (κ2) is 8.26. The first kappa shape index (κ1) is 13.9. The summed E-state index contributed by atoms with van der Waals surface area (Å²) in [7, 11) is 0. The summed E-state index contributed by atoms with van der Waals surface area (Å²) in [6.07, 6.45) is 5.18. The van der Waals surface area contributed by atoms with E-state index in [1.807, 2.05) is 0 Å². The van der Waals surface area contributed by atoms with E-state index < -0.39 is 5.97 Å². The number of hydrogen-bond donors (Lipinski definition) is 2. The van der Waals surface area contributed by atoms with E-state index in [1.54, 1.807) is 0 Å². The van der Waals surface area contributed by atoms with Crippen LogP contribution in [0.5, 0.6) is 0 Å². The Morgan fingerprint density at radius 2 is 1.93 bits per heavy atom. The highest BCUT2D eigenvalue weighted by Crippen LogP contribution is 2.08. The Morgan fingerprint density at radius 1 is 1.27 bits per heavy atom. The monoisotopic (exact) mass is 215 g/mol. The van der Waals surface area contributed by atoms with Crippen molar-refractivity contribution in [3.8, 4) is 0 Å². The molecule has 0 unspecified atom stereocenters. The quantitative estimate of drug-likeness (QED) is 0.608. The minimum atomic E-state index is -0.857. The van der Waals surface area contributed by atoms with Crippen molar-refractivity contribution in [1.82, 2.24) is 5.32 Å². The number of carboxylic acid groups (broad SMARTS) is 1. The summed E-state index contributed by atoms with van der Waals surface area (Å²) in [5, 5.41) is 11.3. The van der Waals surface area contributed by atoms with Crippen LogP contribution in [0.25, 0.3) is 0 Å². The molecule has 1 amide bonds. The molecule has 0 radical (unpaired) electrons. The highest BCUT2D eigenvalue weighted by atomic mass is 16.4. The Hall–Kier alpha value is -1.06. The zero-order chi connectivity index (χ0) is 11.7. The Kier molecular flexibility index (Phi) is 7.68. The number of carbonyl (C=O) groups is 2. The topological polar surface area (TPSA) is 66.4 Å². The lowest BCUT2D eigenvalue weighted by molar-refractivity contribution is -0.137. The van der Waals surface area contributed by atoms with Crippen LogP contribution in [0.4, 0.5) is 0 Å². The van der Waals surface area contributed by atoms with Crippen LogP contribution in [-0.2, 0) is 9.59 Å². The lowest BCUT2D eigenvalue weighted by Crippen LogP contribution is -2.34. The van der Waals surface area contributed by atoms with Crippen LogP contribution >= 0.6 is 0 Å². The molecule has 0 aliphatic carbocycles. The standard InChI is InChI=1S/C11H21NO3/c1-3-4-5-6-7-10(8-11(14)15)12-9(2)13/h10H,3-8H2,1-2H3,(H,12,13)(H,14,15)/t10-/m0/s1. The normalized spacial score (nSPS) is 12.1. The van der Waals surface area contributed by atoms with E-state index in [-0.39, 0.29) is 18.4 Å². The second-order valence-corrected chi connectivity index (χ2v) is 3.84. The van der Waals surface area contributed by atoms with Crippen LogP contribution < -0.4 is 5.32 Å². The molecule has 4 nitrogen and oxygen atoms in total. The summed E-state index contributed by atoms with van der Waals surface area (Å²) < 4.78 is 0. The van der Waals surface area contributed by atoms with Crippen LogP contribution in [0.1, 0.15) is 52.4 Å². The first-order valence-corrected chi connectivity index (χ1v) is 5.55. The van der Waals surface area contributed by atoms with Crippen molar-refractivity contribution in [2.24, 2.45) is 0 Å². The number of rotatable bonds is 8. The summed E-state index contributed by atoms with van der Waals surface area (Å²) in [4.78, 5) is 21.3. The van der Waals surface area contributed by atoms with Crippen molar-refractivity contribution in [2.45, 2.75) is 58.4 Å². The fourth-order valence-electron chi connectivity index (χ4n) is 1.54. The minimum absolute atomic E-state index is 0.0195. The second-order valence-electron chi connectivity index (χ2n) is 3.84. The lowest BCUT2D eigenvalue weighted by Gasteiger charge is -2.15. The molecule has 0 spiro atoms. The van der Waals surface area contributed by atoms with Gasteiger partial charge in [-0.2, -0.15) is 0 Å². The number of aliphatic carboxylic acids is 1. The number of amides is 1. The van der Waals surface area contributed by atoms with E-state index in [0.717, 1.165) is 25.7 Å². The third-order valence-corrected chi connectivity index (χ3v) is 2.23. The summed E-state index contributed by atoms with van der Waals surface area (Å²) in [5.41, 5.74) is 0. The maximum absolute atomic E-state index is 10.8. The summed E-state index contributed by atoms with van der Waals surface area (Å²) >= 11 is 0. The number of nitrogens with one attached hydrogen (secondary N) is 1. The van der Waals surface area contributed by atoms with Crippen LogP contribution in [0.15, 0.2) is 0 Å². The molecular weight excluding hydrogens is 194 g/mol. The molecule has 0 aromatic rings. The maximum Gasteiger partial charge on any atom is 0.305 e. The number of hydrogen-bond acceptors (Lipinski definition) is 2. The number of carboxylic acids is 1. The van der Waals surface area contributed by atoms with Crippen LogP contribution in [-0.4, -0.2) is 23.0 Å². The largest absolute Gasteiger partial charge is 0.481 e. The van der Waals surface area contributed by atoms with Gasteiger partial charge in [0.25, 0.3) is 0 Å². The Bertz CT molecular complexity index is 188. The first-order chi connectivity index (χ1) is 7.06. The average molecular weight is 215 g/mol. The number of unbranched alkanes of at least 4 members (excludes halogenated alkanes) is 3. The van der Waals surface area contributed by atoms with Gasteiger partial charge in [0.15, 0.2) is 0 Å². The zero-order valence-corrected chi connectivity index (χ0v) is 9.58. The molecule has 0 aromatic heterocycles. The summed E-state index contributed by atoms with van der Waals surface area (Å²) in [5.74, 6) is -1.01. The SMILES string of the molecule is CCCCCC[C@@H](CC(=O)O)NC(C)=O. The van der Waals surface area contributed by atoms with Gasteiger partial charge < -0.3 is 10.4 Å². The minimum Gasteiger partial charge on any atom is -0.481 e. The molecule has 0 rings (SSSR count). The molecule has 15 heavy (non-hydrogen) atoms. The van der Waals surface area contributed by atoms with Crippen LogP contribution in [0, 0.1) is 0 Å². The Labute approximate surface area is 91.1 Å². The van der Waals surface area contributed by atoms with Crippen molar-refractivity contribution in [3.63, 3.8) is 0 Å². The average Bonchev–Trinajstić information content (AvgIpc) is 2.10. The van der Waals surface area contributed by atoms with Gasteiger partial charge in [-0.25, -0.2) is 0 Å². The van der Waals surface area contributed by atoms with Gasteiger partial charge in [0.2, 0.25) is 5.91 Å². The molecule has 88 valence electrons. The Morgan fingerprint density at radius 3 is 2.40 bits per heavy atom. The predicted molar refractivity (Wildman–Crippen MR) is 58.6 cm³/mol. The van der Waals surface area contributed by atoms with Gasteiger partial charge in [-0.1, -0.05) is 32.6 Å². The molecule has 0 bridgehead atoms. The molecular formula is C11H21NO3. The molecule has 0 aromatic carbocycles. The molecule has 0 saturated heterocycles. The van der Waals surface area contributed by atoms with E-state index in [2.05, 4.69) is 12.2 Å². The van der Waals surface area contributed by atoms with Gasteiger partial charge in [0.05, 0.1) is 6.42 Å². The van der Waals surface area contributed by atoms with Crippen molar-refractivity contribution in [1.29, 1.82) is 0 Å². The highest BCUT2D eigenvalue weighted by molar-refractivity contribution is 5.74. The van der Waals surface area contributed by atoms with Crippen molar-refractivity contribution in [3.05, 3.63) is 0 Å². The van der Waals surface area contributed by atoms with Crippen molar-refractivity contribution in [2.75, 3.05) is 0 Å². The number of carbonyl (C=O) groups excluding carboxylic acids is 1. The van der Waals surface area contributed by atoms with Gasteiger partial charge in [-0.15, -0.1) is 0 Å². The first-order valence-electron chi connectivity index (χ1n) is 5.55.